The van der Waals surface area contributed by atoms with Gasteiger partial charge in [0.15, 0.2) is 0 Å². The van der Waals surface area contributed by atoms with Gasteiger partial charge in [-0.3, -0.25) is 0 Å². The minimum Gasteiger partial charge on any atom is -0.314 e. The Morgan fingerprint density at radius 1 is 1.00 bits per heavy atom. The highest BCUT2D eigenvalue weighted by molar-refractivity contribution is 4.81. The second-order valence-corrected chi connectivity index (χ2v) is 6.87. The van der Waals surface area contributed by atoms with E-state index in [1.165, 1.54) is 71.5 Å². The molecular formula is C17H35N3. The van der Waals surface area contributed by atoms with E-state index in [2.05, 4.69) is 35.9 Å². The van der Waals surface area contributed by atoms with Gasteiger partial charge in [0.05, 0.1) is 0 Å². The molecule has 2 atom stereocenters. The molecule has 2 fully saturated rings. The molecule has 0 aromatic heterocycles. The summed E-state index contributed by atoms with van der Waals surface area (Å²) in [6.07, 6.45) is 5.58. The Hall–Kier alpha value is -0.120. The van der Waals surface area contributed by atoms with E-state index in [1.54, 1.807) is 0 Å². The molecule has 2 aliphatic heterocycles. The van der Waals surface area contributed by atoms with Crippen LogP contribution in [-0.2, 0) is 0 Å². The molecule has 0 amide bonds. The van der Waals surface area contributed by atoms with Crippen LogP contribution in [0.2, 0.25) is 0 Å². The molecule has 0 aromatic rings. The van der Waals surface area contributed by atoms with Crippen molar-refractivity contribution in [2.45, 2.75) is 52.5 Å². The third-order valence-electron chi connectivity index (χ3n) is 5.58. The van der Waals surface area contributed by atoms with Gasteiger partial charge in [0.25, 0.3) is 0 Å². The van der Waals surface area contributed by atoms with Crippen molar-refractivity contribution >= 4 is 0 Å². The fourth-order valence-corrected chi connectivity index (χ4v) is 3.81. The first-order valence-electron chi connectivity index (χ1n) is 8.91. The Balaban J connectivity index is 1.66. The maximum atomic E-state index is 3.85. The second-order valence-electron chi connectivity index (χ2n) is 6.87. The summed E-state index contributed by atoms with van der Waals surface area (Å²) in [5.41, 5.74) is 0. The molecule has 0 aliphatic carbocycles. The molecule has 0 spiro atoms. The molecule has 2 unspecified atom stereocenters. The first kappa shape index (κ1) is 16.3. The highest BCUT2D eigenvalue weighted by Gasteiger charge is 2.25. The fourth-order valence-electron chi connectivity index (χ4n) is 3.81. The SMILES string of the molecule is CCN1CCC(CNC(C)C2CCCN(CC)C2)CC1. The lowest BCUT2D eigenvalue weighted by molar-refractivity contribution is 0.147. The van der Waals surface area contributed by atoms with Gasteiger partial charge in [-0.2, -0.15) is 0 Å². The molecule has 2 aliphatic rings. The van der Waals surface area contributed by atoms with E-state index in [0.29, 0.717) is 6.04 Å². The lowest BCUT2D eigenvalue weighted by atomic mass is 9.90. The number of nitrogens with one attached hydrogen (secondary N) is 1. The molecule has 2 heterocycles. The highest BCUT2D eigenvalue weighted by Crippen LogP contribution is 2.21. The summed E-state index contributed by atoms with van der Waals surface area (Å²) in [7, 11) is 0. The van der Waals surface area contributed by atoms with Crippen molar-refractivity contribution in [2.24, 2.45) is 11.8 Å². The third-order valence-corrected chi connectivity index (χ3v) is 5.58. The zero-order chi connectivity index (χ0) is 14.4. The molecule has 1 N–H and O–H groups in total. The Labute approximate surface area is 126 Å². The predicted octanol–water partition coefficient (Wildman–Crippen LogP) is 2.43. The lowest BCUT2D eigenvalue weighted by Gasteiger charge is -2.37. The number of nitrogens with zero attached hydrogens (tertiary/aromatic N) is 2. The maximum absolute atomic E-state index is 3.85. The van der Waals surface area contributed by atoms with E-state index < -0.39 is 0 Å². The van der Waals surface area contributed by atoms with Gasteiger partial charge in [-0.25, -0.2) is 0 Å². The minimum absolute atomic E-state index is 0.688. The summed E-state index contributed by atoms with van der Waals surface area (Å²) in [4.78, 5) is 5.20. The summed E-state index contributed by atoms with van der Waals surface area (Å²) in [6, 6.07) is 0.688. The average molecular weight is 281 g/mol. The van der Waals surface area contributed by atoms with E-state index in [4.69, 9.17) is 0 Å². The Kier molecular flexibility index (Phi) is 6.79. The van der Waals surface area contributed by atoms with Crippen molar-refractivity contribution in [2.75, 3.05) is 45.8 Å². The zero-order valence-electron chi connectivity index (χ0n) is 13.9. The predicted molar refractivity (Wildman–Crippen MR) is 87.1 cm³/mol. The van der Waals surface area contributed by atoms with Crippen molar-refractivity contribution in [3.8, 4) is 0 Å². The zero-order valence-corrected chi connectivity index (χ0v) is 13.9. The van der Waals surface area contributed by atoms with E-state index in [9.17, 15) is 0 Å². The molecule has 0 bridgehead atoms. The number of piperidine rings is 2. The first-order chi connectivity index (χ1) is 9.72. The molecule has 2 saturated heterocycles. The Morgan fingerprint density at radius 3 is 2.35 bits per heavy atom. The van der Waals surface area contributed by atoms with Crippen LogP contribution in [0.5, 0.6) is 0 Å². The van der Waals surface area contributed by atoms with Crippen LogP contribution in [0.25, 0.3) is 0 Å². The minimum atomic E-state index is 0.688. The number of hydrogen-bond donors (Lipinski definition) is 1. The summed E-state index contributed by atoms with van der Waals surface area (Å²) in [5, 5.41) is 3.85. The summed E-state index contributed by atoms with van der Waals surface area (Å²) in [6.45, 7) is 15.9. The highest BCUT2D eigenvalue weighted by atomic mass is 15.1. The van der Waals surface area contributed by atoms with Gasteiger partial charge in [0.2, 0.25) is 0 Å². The fraction of sp³-hybridized carbons (Fsp3) is 1.00. The van der Waals surface area contributed by atoms with Crippen molar-refractivity contribution in [1.82, 2.24) is 15.1 Å². The lowest BCUT2D eigenvalue weighted by Crippen LogP contribution is -2.46. The molecule has 0 saturated carbocycles. The number of rotatable bonds is 6. The van der Waals surface area contributed by atoms with E-state index in [1.807, 2.05) is 0 Å². The smallest absolute Gasteiger partial charge is 0.00793 e. The van der Waals surface area contributed by atoms with Crippen molar-refractivity contribution in [3.63, 3.8) is 0 Å². The van der Waals surface area contributed by atoms with Crippen LogP contribution in [0.3, 0.4) is 0 Å². The molecule has 0 aromatic carbocycles. The topological polar surface area (TPSA) is 18.5 Å². The van der Waals surface area contributed by atoms with Crippen LogP contribution >= 0.6 is 0 Å². The standard InChI is InChI=1S/C17H35N3/c1-4-19-11-8-16(9-12-19)13-18-15(3)17-7-6-10-20(5-2)14-17/h15-18H,4-14H2,1-3H3. The van der Waals surface area contributed by atoms with E-state index in [-0.39, 0.29) is 0 Å². The Morgan fingerprint density at radius 2 is 1.70 bits per heavy atom. The molecule has 3 heteroatoms. The first-order valence-corrected chi connectivity index (χ1v) is 8.91. The van der Waals surface area contributed by atoms with Gasteiger partial charge in [-0.05, 0) is 83.7 Å². The second kappa shape index (κ2) is 8.35. The molecule has 2 rings (SSSR count). The van der Waals surface area contributed by atoms with Crippen LogP contribution in [0.1, 0.15) is 46.5 Å². The molecule has 118 valence electrons. The van der Waals surface area contributed by atoms with Crippen LogP contribution in [0.15, 0.2) is 0 Å². The summed E-state index contributed by atoms with van der Waals surface area (Å²) < 4.78 is 0. The Bertz CT molecular complexity index is 261. The molecule has 20 heavy (non-hydrogen) atoms. The number of hydrogen-bond acceptors (Lipinski definition) is 3. The van der Waals surface area contributed by atoms with Crippen LogP contribution in [0, 0.1) is 11.8 Å². The third kappa shape index (κ3) is 4.71. The largest absolute Gasteiger partial charge is 0.314 e. The quantitative estimate of drug-likeness (QED) is 0.807. The average Bonchev–Trinajstić information content (AvgIpc) is 2.53. The van der Waals surface area contributed by atoms with Gasteiger partial charge in [-0.15, -0.1) is 0 Å². The van der Waals surface area contributed by atoms with E-state index >= 15 is 0 Å². The van der Waals surface area contributed by atoms with Gasteiger partial charge >= 0.3 is 0 Å². The van der Waals surface area contributed by atoms with Crippen molar-refractivity contribution < 1.29 is 0 Å². The van der Waals surface area contributed by atoms with E-state index in [0.717, 1.165) is 11.8 Å². The van der Waals surface area contributed by atoms with Gasteiger partial charge in [0.1, 0.15) is 0 Å². The monoisotopic (exact) mass is 281 g/mol. The van der Waals surface area contributed by atoms with Crippen LogP contribution in [-0.4, -0.2) is 61.7 Å². The summed E-state index contributed by atoms with van der Waals surface area (Å²) >= 11 is 0. The van der Waals surface area contributed by atoms with Crippen molar-refractivity contribution in [3.05, 3.63) is 0 Å². The van der Waals surface area contributed by atoms with Crippen LogP contribution < -0.4 is 5.32 Å². The molecule has 0 radical (unpaired) electrons. The van der Waals surface area contributed by atoms with Gasteiger partial charge in [-0.1, -0.05) is 13.8 Å². The van der Waals surface area contributed by atoms with Crippen molar-refractivity contribution in [1.29, 1.82) is 0 Å². The maximum Gasteiger partial charge on any atom is 0.00793 e. The molecule has 3 nitrogen and oxygen atoms in total. The van der Waals surface area contributed by atoms with Crippen LogP contribution in [0.4, 0.5) is 0 Å². The van der Waals surface area contributed by atoms with Gasteiger partial charge < -0.3 is 15.1 Å². The number of likely N-dealkylation sites (tertiary alicyclic amines) is 2. The van der Waals surface area contributed by atoms with Gasteiger partial charge in [0, 0.05) is 12.6 Å². The summed E-state index contributed by atoms with van der Waals surface area (Å²) in [5.74, 6) is 1.77. The normalized spacial score (nSPS) is 28.6. The molecular weight excluding hydrogens is 246 g/mol.